The van der Waals surface area contributed by atoms with Gasteiger partial charge in [0, 0.05) is 12.3 Å². The van der Waals surface area contributed by atoms with Gasteiger partial charge in [0.25, 0.3) is 5.91 Å². The fraction of sp³-hybridized carbons (Fsp3) is 0.389. The quantitative estimate of drug-likeness (QED) is 0.748. The van der Waals surface area contributed by atoms with Crippen LogP contribution in [0.15, 0.2) is 41.0 Å². The number of amides is 1. The second-order valence-corrected chi connectivity index (χ2v) is 6.49. The molecule has 2 aromatic rings. The Balaban J connectivity index is 1.69. The molecule has 0 bridgehead atoms. The van der Waals surface area contributed by atoms with Crippen molar-refractivity contribution in [1.82, 2.24) is 5.32 Å². The molecule has 124 valence electrons. The first-order valence-corrected chi connectivity index (χ1v) is 8.84. The molecule has 1 atom stereocenters. The molecule has 0 unspecified atom stereocenters. The molecule has 0 radical (unpaired) electrons. The van der Waals surface area contributed by atoms with Crippen LogP contribution in [0.3, 0.4) is 0 Å². The second kappa shape index (κ2) is 8.67. The molecule has 0 saturated heterocycles. The van der Waals surface area contributed by atoms with Crippen LogP contribution in [0, 0.1) is 13.8 Å². The molecule has 2 rings (SSSR count). The van der Waals surface area contributed by atoms with E-state index < -0.39 is 6.10 Å². The standard InChI is InChI=1S/C18H23NO3S/c1-13-6-4-8-17(14(13)2)22-15(3)18(20)19-9-11-23-12-16-7-5-10-21-16/h4-8,10,15H,9,11-12H2,1-3H3,(H,19,20)/t15-/m1/s1. The summed E-state index contributed by atoms with van der Waals surface area (Å²) < 4.78 is 11.0. The Bertz CT molecular complexity index is 625. The summed E-state index contributed by atoms with van der Waals surface area (Å²) in [4.78, 5) is 12.1. The molecule has 5 heteroatoms. The van der Waals surface area contributed by atoms with Crippen LogP contribution in [0.2, 0.25) is 0 Å². The van der Waals surface area contributed by atoms with E-state index in [-0.39, 0.29) is 5.91 Å². The topological polar surface area (TPSA) is 51.5 Å². The molecule has 0 fully saturated rings. The zero-order valence-corrected chi connectivity index (χ0v) is 14.6. The number of hydrogen-bond acceptors (Lipinski definition) is 4. The Labute approximate surface area is 141 Å². The van der Waals surface area contributed by atoms with Crippen molar-refractivity contribution in [3.63, 3.8) is 0 Å². The number of furan rings is 1. The Morgan fingerprint density at radius 3 is 2.87 bits per heavy atom. The molecule has 0 aliphatic carbocycles. The Morgan fingerprint density at radius 2 is 2.13 bits per heavy atom. The van der Waals surface area contributed by atoms with E-state index in [0.29, 0.717) is 6.54 Å². The summed E-state index contributed by atoms with van der Waals surface area (Å²) >= 11 is 1.72. The van der Waals surface area contributed by atoms with Crippen LogP contribution in [-0.4, -0.2) is 24.3 Å². The maximum absolute atomic E-state index is 12.1. The van der Waals surface area contributed by atoms with Crippen molar-refractivity contribution < 1.29 is 13.9 Å². The van der Waals surface area contributed by atoms with Gasteiger partial charge in [-0.1, -0.05) is 12.1 Å². The minimum Gasteiger partial charge on any atom is -0.481 e. The lowest BCUT2D eigenvalue weighted by Gasteiger charge is -2.17. The number of carbonyl (C=O) groups excluding carboxylic acids is 1. The molecular weight excluding hydrogens is 310 g/mol. The highest BCUT2D eigenvalue weighted by atomic mass is 32.2. The number of rotatable bonds is 8. The average molecular weight is 333 g/mol. The summed E-state index contributed by atoms with van der Waals surface area (Å²) in [6.45, 7) is 6.42. The Hall–Kier alpha value is -1.88. The highest BCUT2D eigenvalue weighted by Gasteiger charge is 2.15. The summed E-state index contributed by atoms with van der Waals surface area (Å²) in [5.74, 6) is 3.28. The van der Waals surface area contributed by atoms with Crippen LogP contribution >= 0.6 is 11.8 Å². The van der Waals surface area contributed by atoms with Gasteiger partial charge in [0.15, 0.2) is 6.10 Å². The van der Waals surface area contributed by atoms with Gasteiger partial charge in [-0.3, -0.25) is 4.79 Å². The molecule has 1 heterocycles. The van der Waals surface area contributed by atoms with E-state index in [0.717, 1.165) is 34.1 Å². The van der Waals surface area contributed by atoms with Gasteiger partial charge < -0.3 is 14.5 Å². The SMILES string of the molecule is Cc1cccc(O[C@H](C)C(=O)NCCSCc2ccco2)c1C. The molecule has 4 nitrogen and oxygen atoms in total. The number of benzene rings is 1. The van der Waals surface area contributed by atoms with Crippen LogP contribution < -0.4 is 10.1 Å². The number of ether oxygens (including phenoxy) is 1. The van der Waals surface area contributed by atoms with Gasteiger partial charge in [-0.2, -0.15) is 11.8 Å². The third-order valence-electron chi connectivity index (χ3n) is 3.60. The van der Waals surface area contributed by atoms with Crippen molar-refractivity contribution in [3.05, 3.63) is 53.5 Å². The van der Waals surface area contributed by atoms with Gasteiger partial charge in [-0.05, 0) is 50.1 Å². The van der Waals surface area contributed by atoms with E-state index in [1.54, 1.807) is 24.9 Å². The summed E-state index contributed by atoms with van der Waals surface area (Å²) in [5, 5.41) is 2.90. The number of carbonyl (C=O) groups is 1. The van der Waals surface area contributed by atoms with Crippen molar-refractivity contribution in [2.75, 3.05) is 12.3 Å². The predicted molar refractivity (Wildman–Crippen MR) is 93.9 cm³/mol. The molecule has 1 amide bonds. The van der Waals surface area contributed by atoms with E-state index in [1.807, 2.05) is 44.2 Å². The summed E-state index contributed by atoms with van der Waals surface area (Å²) in [7, 11) is 0. The molecule has 0 aliphatic heterocycles. The van der Waals surface area contributed by atoms with Gasteiger partial charge in [0.1, 0.15) is 11.5 Å². The maximum Gasteiger partial charge on any atom is 0.260 e. The number of hydrogen-bond donors (Lipinski definition) is 1. The fourth-order valence-electron chi connectivity index (χ4n) is 2.05. The van der Waals surface area contributed by atoms with E-state index in [2.05, 4.69) is 5.32 Å². The lowest BCUT2D eigenvalue weighted by Crippen LogP contribution is -2.37. The number of aryl methyl sites for hydroxylation is 1. The van der Waals surface area contributed by atoms with Gasteiger partial charge in [0.2, 0.25) is 0 Å². The first kappa shape index (κ1) is 17.5. The molecule has 1 aromatic heterocycles. The van der Waals surface area contributed by atoms with Gasteiger partial charge in [-0.15, -0.1) is 0 Å². The largest absolute Gasteiger partial charge is 0.481 e. The van der Waals surface area contributed by atoms with Crippen LogP contribution in [0.25, 0.3) is 0 Å². The van der Waals surface area contributed by atoms with E-state index in [9.17, 15) is 4.79 Å². The summed E-state index contributed by atoms with van der Waals surface area (Å²) in [6, 6.07) is 9.69. The third kappa shape index (κ3) is 5.36. The molecule has 0 spiro atoms. The zero-order chi connectivity index (χ0) is 16.7. The van der Waals surface area contributed by atoms with Crippen molar-refractivity contribution in [2.45, 2.75) is 32.6 Å². The van der Waals surface area contributed by atoms with Gasteiger partial charge in [-0.25, -0.2) is 0 Å². The van der Waals surface area contributed by atoms with Gasteiger partial charge >= 0.3 is 0 Å². The number of nitrogens with one attached hydrogen (secondary N) is 1. The molecule has 1 N–H and O–H groups in total. The van der Waals surface area contributed by atoms with E-state index in [1.165, 1.54) is 0 Å². The van der Waals surface area contributed by atoms with Crippen LogP contribution in [0.4, 0.5) is 0 Å². The maximum atomic E-state index is 12.1. The van der Waals surface area contributed by atoms with Crippen LogP contribution in [0.5, 0.6) is 5.75 Å². The van der Waals surface area contributed by atoms with Crippen molar-refractivity contribution in [1.29, 1.82) is 0 Å². The highest BCUT2D eigenvalue weighted by Crippen LogP contribution is 2.21. The highest BCUT2D eigenvalue weighted by molar-refractivity contribution is 7.98. The molecule has 23 heavy (non-hydrogen) atoms. The normalized spacial score (nSPS) is 12.0. The second-order valence-electron chi connectivity index (χ2n) is 5.38. The lowest BCUT2D eigenvalue weighted by atomic mass is 10.1. The first-order valence-electron chi connectivity index (χ1n) is 7.68. The first-order chi connectivity index (χ1) is 11.1. The van der Waals surface area contributed by atoms with Crippen molar-refractivity contribution >= 4 is 17.7 Å². The van der Waals surface area contributed by atoms with Gasteiger partial charge in [0.05, 0.1) is 12.0 Å². The summed E-state index contributed by atoms with van der Waals surface area (Å²) in [5.41, 5.74) is 2.23. The Kier molecular flexibility index (Phi) is 6.59. The molecule has 1 aromatic carbocycles. The third-order valence-corrected chi connectivity index (χ3v) is 4.58. The Morgan fingerprint density at radius 1 is 1.30 bits per heavy atom. The monoisotopic (exact) mass is 333 g/mol. The smallest absolute Gasteiger partial charge is 0.260 e. The predicted octanol–water partition coefficient (Wildman–Crippen LogP) is 3.71. The minimum atomic E-state index is -0.509. The molecule has 0 aliphatic rings. The minimum absolute atomic E-state index is 0.0931. The number of thioether (sulfide) groups is 1. The van der Waals surface area contributed by atoms with Crippen LogP contribution in [0.1, 0.15) is 23.8 Å². The zero-order valence-electron chi connectivity index (χ0n) is 13.8. The lowest BCUT2D eigenvalue weighted by molar-refractivity contribution is -0.127. The summed E-state index contributed by atoms with van der Waals surface area (Å²) in [6.07, 6.45) is 1.16. The average Bonchev–Trinajstić information content (AvgIpc) is 3.04. The van der Waals surface area contributed by atoms with E-state index in [4.69, 9.17) is 9.15 Å². The fourth-order valence-corrected chi connectivity index (χ4v) is 2.81. The molecule has 0 saturated carbocycles. The van der Waals surface area contributed by atoms with E-state index >= 15 is 0 Å². The van der Waals surface area contributed by atoms with Crippen LogP contribution in [-0.2, 0) is 10.5 Å². The van der Waals surface area contributed by atoms with Crippen molar-refractivity contribution in [3.8, 4) is 5.75 Å². The van der Waals surface area contributed by atoms with Crippen molar-refractivity contribution in [2.24, 2.45) is 0 Å². The molecular formula is C18H23NO3S.